The van der Waals surface area contributed by atoms with Crippen molar-refractivity contribution in [2.24, 2.45) is 0 Å². The summed E-state index contributed by atoms with van der Waals surface area (Å²) in [5.41, 5.74) is 1.24. The molecule has 1 saturated heterocycles. The van der Waals surface area contributed by atoms with Crippen molar-refractivity contribution in [3.63, 3.8) is 0 Å². The van der Waals surface area contributed by atoms with E-state index in [4.69, 9.17) is 0 Å². The fourth-order valence-electron chi connectivity index (χ4n) is 1.89. The molecular formula is C11H18N2S2. The van der Waals surface area contributed by atoms with Crippen molar-refractivity contribution in [3.05, 3.63) is 16.1 Å². The zero-order chi connectivity index (χ0) is 10.7. The van der Waals surface area contributed by atoms with Crippen molar-refractivity contribution in [1.29, 1.82) is 0 Å². The summed E-state index contributed by atoms with van der Waals surface area (Å²) in [6.07, 6.45) is 2.39. The molecule has 2 nitrogen and oxygen atoms in total. The van der Waals surface area contributed by atoms with Crippen LogP contribution in [0.4, 0.5) is 0 Å². The van der Waals surface area contributed by atoms with Crippen molar-refractivity contribution in [2.75, 3.05) is 12.3 Å². The molecule has 84 valence electrons. The Morgan fingerprint density at radius 3 is 3.07 bits per heavy atom. The minimum atomic E-state index is 0.727. The Hall–Kier alpha value is -0.0600. The molecule has 1 aliphatic heterocycles. The third kappa shape index (κ3) is 3.47. The SMILES string of the molecule is Cc1nc(CCNC2CSC(C)C2)cs1. The lowest BCUT2D eigenvalue weighted by molar-refractivity contribution is 0.540. The van der Waals surface area contributed by atoms with E-state index in [9.17, 15) is 0 Å². The Morgan fingerprint density at radius 1 is 1.60 bits per heavy atom. The van der Waals surface area contributed by atoms with E-state index in [1.54, 1.807) is 11.3 Å². The van der Waals surface area contributed by atoms with Gasteiger partial charge in [-0.1, -0.05) is 6.92 Å². The first-order chi connectivity index (χ1) is 7.24. The van der Waals surface area contributed by atoms with Gasteiger partial charge in [-0.25, -0.2) is 4.98 Å². The van der Waals surface area contributed by atoms with Crippen LogP contribution in [0.2, 0.25) is 0 Å². The van der Waals surface area contributed by atoms with E-state index in [0.29, 0.717) is 0 Å². The molecule has 1 aromatic rings. The molecule has 15 heavy (non-hydrogen) atoms. The molecule has 4 heteroatoms. The Morgan fingerprint density at radius 2 is 2.47 bits per heavy atom. The van der Waals surface area contributed by atoms with E-state index in [1.165, 1.54) is 22.9 Å². The van der Waals surface area contributed by atoms with E-state index in [0.717, 1.165) is 24.3 Å². The molecule has 2 atom stereocenters. The predicted molar refractivity (Wildman–Crippen MR) is 68.9 cm³/mol. The van der Waals surface area contributed by atoms with Gasteiger partial charge in [0.15, 0.2) is 0 Å². The second-order valence-corrected chi connectivity index (χ2v) is 6.67. The molecule has 1 aliphatic rings. The summed E-state index contributed by atoms with van der Waals surface area (Å²) < 4.78 is 0. The van der Waals surface area contributed by atoms with Crippen LogP contribution >= 0.6 is 23.1 Å². The second kappa shape index (κ2) is 5.32. The molecule has 0 saturated carbocycles. The third-order valence-electron chi connectivity index (χ3n) is 2.68. The summed E-state index contributed by atoms with van der Waals surface area (Å²) in [7, 11) is 0. The van der Waals surface area contributed by atoms with E-state index in [-0.39, 0.29) is 0 Å². The Bertz CT molecular complexity index is 311. The maximum Gasteiger partial charge on any atom is 0.0897 e. The highest BCUT2D eigenvalue weighted by Crippen LogP contribution is 2.25. The van der Waals surface area contributed by atoms with Gasteiger partial charge in [0.2, 0.25) is 0 Å². The minimum Gasteiger partial charge on any atom is -0.313 e. The van der Waals surface area contributed by atoms with Crippen LogP contribution < -0.4 is 5.32 Å². The molecule has 0 aliphatic carbocycles. The molecule has 0 radical (unpaired) electrons. The summed E-state index contributed by atoms with van der Waals surface area (Å²) in [5.74, 6) is 1.28. The van der Waals surface area contributed by atoms with Gasteiger partial charge in [-0.3, -0.25) is 0 Å². The highest BCUT2D eigenvalue weighted by molar-refractivity contribution is 8.00. The lowest BCUT2D eigenvalue weighted by Gasteiger charge is -2.10. The topological polar surface area (TPSA) is 24.9 Å². The maximum atomic E-state index is 4.46. The highest BCUT2D eigenvalue weighted by Gasteiger charge is 2.20. The second-order valence-electron chi connectivity index (χ2n) is 4.14. The molecule has 1 aromatic heterocycles. The number of rotatable bonds is 4. The minimum absolute atomic E-state index is 0.727. The Kier molecular flexibility index (Phi) is 4.05. The van der Waals surface area contributed by atoms with Gasteiger partial charge in [0, 0.05) is 35.4 Å². The average molecular weight is 242 g/mol. The van der Waals surface area contributed by atoms with Crippen LogP contribution in [0.25, 0.3) is 0 Å². The largest absolute Gasteiger partial charge is 0.313 e. The standard InChI is InChI=1S/C11H18N2S2/c1-8-5-11(7-14-8)12-4-3-10-6-15-9(2)13-10/h6,8,11-12H,3-5,7H2,1-2H3. The van der Waals surface area contributed by atoms with Crippen molar-refractivity contribution in [3.8, 4) is 0 Å². The van der Waals surface area contributed by atoms with Crippen molar-refractivity contribution in [2.45, 2.75) is 38.0 Å². The van der Waals surface area contributed by atoms with Gasteiger partial charge in [0.05, 0.1) is 10.7 Å². The Labute approximate surface area is 99.9 Å². The van der Waals surface area contributed by atoms with Crippen LogP contribution in [0.1, 0.15) is 24.0 Å². The van der Waals surface area contributed by atoms with Gasteiger partial charge in [-0.2, -0.15) is 11.8 Å². The van der Waals surface area contributed by atoms with Crippen molar-refractivity contribution in [1.82, 2.24) is 10.3 Å². The van der Waals surface area contributed by atoms with E-state index >= 15 is 0 Å². The maximum absolute atomic E-state index is 4.46. The predicted octanol–water partition coefficient (Wildman–Crippen LogP) is 2.48. The van der Waals surface area contributed by atoms with Gasteiger partial charge in [0.25, 0.3) is 0 Å². The van der Waals surface area contributed by atoms with Gasteiger partial charge in [0.1, 0.15) is 0 Å². The summed E-state index contributed by atoms with van der Waals surface area (Å²) in [6.45, 7) is 5.45. The summed E-state index contributed by atoms with van der Waals surface area (Å²) >= 11 is 3.82. The molecule has 1 N–H and O–H groups in total. The molecule has 0 spiro atoms. The van der Waals surface area contributed by atoms with Crippen LogP contribution in [-0.4, -0.2) is 28.6 Å². The molecule has 2 rings (SSSR count). The summed E-state index contributed by atoms with van der Waals surface area (Å²) in [4.78, 5) is 4.46. The van der Waals surface area contributed by atoms with Crippen LogP contribution in [0.5, 0.6) is 0 Å². The quantitative estimate of drug-likeness (QED) is 0.878. The number of hydrogen-bond acceptors (Lipinski definition) is 4. The van der Waals surface area contributed by atoms with Crippen molar-refractivity contribution < 1.29 is 0 Å². The molecule has 0 bridgehead atoms. The van der Waals surface area contributed by atoms with Crippen molar-refractivity contribution >= 4 is 23.1 Å². The first-order valence-electron chi connectivity index (χ1n) is 5.50. The van der Waals surface area contributed by atoms with E-state index in [2.05, 4.69) is 41.3 Å². The molecule has 1 fully saturated rings. The summed E-state index contributed by atoms with van der Waals surface area (Å²) in [5, 5.41) is 7.80. The normalized spacial score (nSPS) is 26.0. The van der Waals surface area contributed by atoms with Gasteiger partial charge >= 0.3 is 0 Å². The van der Waals surface area contributed by atoms with Gasteiger partial charge in [-0.05, 0) is 13.3 Å². The van der Waals surface area contributed by atoms with Gasteiger partial charge < -0.3 is 5.32 Å². The number of thiazole rings is 1. The monoisotopic (exact) mass is 242 g/mol. The van der Waals surface area contributed by atoms with Crippen LogP contribution in [0.15, 0.2) is 5.38 Å². The molecular weight excluding hydrogens is 224 g/mol. The smallest absolute Gasteiger partial charge is 0.0897 e. The molecule has 2 heterocycles. The fraction of sp³-hybridized carbons (Fsp3) is 0.727. The lowest BCUT2D eigenvalue weighted by Crippen LogP contribution is -2.30. The molecule has 0 amide bonds. The molecule has 0 aromatic carbocycles. The first-order valence-corrected chi connectivity index (χ1v) is 7.43. The number of hydrogen-bond donors (Lipinski definition) is 1. The first kappa shape index (κ1) is 11.4. The van der Waals surface area contributed by atoms with E-state index < -0.39 is 0 Å². The number of aryl methyl sites for hydroxylation is 1. The average Bonchev–Trinajstić information content (AvgIpc) is 2.76. The molecule has 2 unspecified atom stereocenters. The number of aromatic nitrogens is 1. The van der Waals surface area contributed by atoms with Crippen LogP contribution in [0, 0.1) is 6.92 Å². The lowest BCUT2D eigenvalue weighted by atomic mass is 10.2. The van der Waals surface area contributed by atoms with E-state index in [1.807, 2.05) is 0 Å². The number of nitrogens with one attached hydrogen (secondary N) is 1. The number of thioether (sulfide) groups is 1. The highest BCUT2D eigenvalue weighted by atomic mass is 32.2. The van der Waals surface area contributed by atoms with Gasteiger partial charge in [-0.15, -0.1) is 11.3 Å². The van der Waals surface area contributed by atoms with Crippen LogP contribution in [-0.2, 0) is 6.42 Å². The zero-order valence-corrected chi connectivity index (χ0v) is 11.0. The Balaban J connectivity index is 1.67. The third-order valence-corrected chi connectivity index (χ3v) is 4.86. The fourth-order valence-corrected chi connectivity index (χ4v) is 3.72. The zero-order valence-electron chi connectivity index (χ0n) is 9.32. The van der Waals surface area contributed by atoms with Crippen LogP contribution in [0.3, 0.4) is 0 Å². The number of nitrogens with zero attached hydrogens (tertiary/aromatic N) is 1. The summed E-state index contributed by atoms with van der Waals surface area (Å²) in [6, 6.07) is 0.727.